The van der Waals surface area contributed by atoms with Crippen molar-refractivity contribution < 1.29 is 9.59 Å². The van der Waals surface area contributed by atoms with E-state index in [9.17, 15) is 9.59 Å². The minimum absolute atomic E-state index is 0.209. The molecule has 0 saturated heterocycles. The van der Waals surface area contributed by atoms with Crippen molar-refractivity contribution in [2.45, 2.75) is 32.4 Å². The second-order valence-electron chi connectivity index (χ2n) is 8.18. The van der Waals surface area contributed by atoms with Crippen molar-refractivity contribution in [2.24, 2.45) is 0 Å². The minimum atomic E-state index is -0.685. The lowest BCUT2D eigenvalue weighted by molar-refractivity contribution is -0.122. The maximum atomic E-state index is 12.8. The number of urea groups is 1. The fourth-order valence-electron chi connectivity index (χ4n) is 3.43. The van der Waals surface area contributed by atoms with Gasteiger partial charge in [-0.3, -0.25) is 4.79 Å². The number of amides is 3. The van der Waals surface area contributed by atoms with E-state index in [1.807, 2.05) is 84.9 Å². The van der Waals surface area contributed by atoms with E-state index in [1.165, 1.54) is 0 Å². The van der Waals surface area contributed by atoms with E-state index < -0.39 is 12.1 Å². The Hall–Kier alpha value is -3.64. The maximum absolute atomic E-state index is 12.8. The number of hydrogen-bond donors (Lipinski definition) is 4. The van der Waals surface area contributed by atoms with Gasteiger partial charge in [-0.15, -0.1) is 0 Å². The summed E-state index contributed by atoms with van der Waals surface area (Å²) >= 11 is 0. The smallest absolute Gasteiger partial charge is 0.319 e. The Kier molecular flexibility index (Phi) is 9.03. The molecule has 0 aliphatic rings. The first-order valence-electron chi connectivity index (χ1n) is 11.3. The Morgan fingerprint density at radius 2 is 1.36 bits per heavy atom. The van der Waals surface area contributed by atoms with Crippen molar-refractivity contribution in [1.29, 1.82) is 0 Å². The zero-order valence-corrected chi connectivity index (χ0v) is 19.2. The molecule has 3 rings (SSSR count). The molecule has 0 fully saturated rings. The van der Waals surface area contributed by atoms with Gasteiger partial charge in [0, 0.05) is 31.2 Å². The minimum Gasteiger partial charge on any atom is -0.353 e. The first-order valence-corrected chi connectivity index (χ1v) is 11.3. The van der Waals surface area contributed by atoms with E-state index in [1.54, 1.807) is 0 Å². The van der Waals surface area contributed by atoms with Crippen molar-refractivity contribution in [2.75, 3.05) is 18.4 Å². The van der Waals surface area contributed by atoms with Gasteiger partial charge < -0.3 is 21.3 Å². The van der Waals surface area contributed by atoms with Crippen LogP contribution >= 0.6 is 0 Å². The molecule has 0 unspecified atom stereocenters. The zero-order chi connectivity index (χ0) is 23.5. The lowest BCUT2D eigenvalue weighted by atomic mass is 10.1. The highest BCUT2D eigenvalue weighted by atomic mass is 16.2. The van der Waals surface area contributed by atoms with Gasteiger partial charge in [0.15, 0.2) is 0 Å². The summed E-state index contributed by atoms with van der Waals surface area (Å²) in [7, 11) is 0. The quantitative estimate of drug-likeness (QED) is 0.354. The molecule has 6 heteroatoms. The number of hydrogen-bond acceptors (Lipinski definition) is 3. The largest absolute Gasteiger partial charge is 0.353 e. The molecule has 0 aliphatic heterocycles. The van der Waals surface area contributed by atoms with E-state index in [0.717, 1.165) is 16.7 Å². The molecule has 3 aromatic carbocycles. The SMILES string of the molecule is CC(C)NCCNC(=O)[C@H](Cc1ccccc1)NC(=O)Nc1ccc(-c2ccccc2)cc1. The molecule has 0 aliphatic carbocycles. The van der Waals surface area contributed by atoms with Crippen LogP contribution in [0.5, 0.6) is 0 Å². The molecule has 172 valence electrons. The highest BCUT2D eigenvalue weighted by Gasteiger charge is 2.21. The summed E-state index contributed by atoms with van der Waals surface area (Å²) in [4.78, 5) is 25.5. The molecule has 33 heavy (non-hydrogen) atoms. The van der Waals surface area contributed by atoms with Crippen molar-refractivity contribution in [3.8, 4) is 11.1 Å². The molecule has 3 aromatic rings. The van der Waals surface area contributed by atoms with Gasteiger partial charge >= 0.3 is 6.03 Å². The third kappa shape index (κ3) is 8.09. The lowest BCUT2D eigenvalue weighted by Crippen LogP contribution is -2.50. The van der Waals surface area contributed by atoms with Crippen molar-refractivity contribution in [1.82, 2.24) is 16.0 Å². The molecular weight excluding hydrogens is 412 g/mol. The van der Waals surface area contributed by atoms with Gasteiger partial charge in [0.05, 0.1) is 0 Å². The van der Waals surface area contributed by atoms with Gasteiger partial charge in [-0.25, -0.2) is 4.79 Å². The van der Waals surface area contributed by atoms with Crippen LogP contribution in [0, 0.1) is 0 Å². The predicted molar refractivity (Wildman–Crippen MR) is 134 cm³/mol. The first kappa shape index (κ1) is 24.0. The highest BCUT2D eigenvalue weighted by Crippen LogP contribution is 2.21. The predicted octanol–water partition coefficient (Wildman–Crippen LogP) is 4.20. The van der Waals surface area contributed by atoms with Crippen LogP contribution in [-0.2, 0) is 11.2 Å². The van der Waals surface area contributed by atoms with Gasteiger partial charge in [-0.2, -0.15) is 0 Å². The fraction of sp³-hybridized carbons (Fsp3) is 0.259. The molecular formula is C27H32N4O2. The molecule has 3 amide bonds. The van der Waals surface area contributed by atoms with E-state index >= 15 is 0 Å². The topological polar surface area (TPSA) is 82.3 Å². The second-order valence-corrected chi connectivity index (χ2v) is 8.18. The van der Waals surface area contributed by atoms with Crippen LogP contribution in [-0.4, -0.2) is 37.1 Å². The summed E-state index contributed by atoms with van der Waals surface area (Å²) in [6.07, 6.45) is 0.407. The third-order valence-electron chi connectivity index (χ3n) is 5.13. The molecule has 0 saturated carbocycles. The molecule has 0 spiro atoms. The van der Waals surface area contributed by atoms with Gasteiger partial charge in [0.25, 0.3) is 0 Å². The average molecular weight is 445 g/mol. The maximum Gasteiger partial charge on any atom is 0.319 e. The number of nitrogens with one attached hydrogen (secondary N) is 4. The van der Waals surface area contributed by atoms with Crippen molar-refractivity contribution >= 4 is 17.6 Å². The molecule has 6 nitrogen and oxygen atoms in total. The second kappa shape index (κ2) is 12.4. The Labute approximate surface area is 195 Å². The van der Waals surface area contributed by atoms with E-state index in [2.05, 4.69) is 35.1 Å². The van der Waals surface area contributed by atoms with Crippen LogP contribution in [0.2, 0.25) is 0 Å². The number of carbonyl (C=O) groups excluding carboxylic acids is 2. The molecule has 0 radical (unpaired) electrons. The van der Waals surface area contributed by atoms with Crippen LogP contribution in [0.4, 0.5) is 10.5 Å². The highest BCUT2D eigenvalue weighted by molar-refractivity contribution is 5.94. The molecule has 0 bridgehead atoms. The monoisotopic (exact) mass is 444 g/mol. The average Bonchev–Trinajstić information content (AvgIpc) is 2.83. The summed E-state index contributed by atoms with van der Waals surface area (Å²) < 4.78 is 0. The van der Waals surface area contributed by atoms with Crippen LogP contribution in [0.15, 0.2) is 84.9 Å². The van der Waals surface area contributed by atoms with Crippen LogP contribution in [0.3, 0.4) is 0 Å². The van der Waals surface area contributed by atoms with E-state index in [4.69, 9.17) is 0 Å². The standard InChI is InChI=1S/C27H32N4O2/c1-20(2)28-17-18-29-26(32)25(19-21-9-5-3-6-10-21)31-27(33)30-24-15-13-23(14-16-24)22-11-7-4-8-12-22/h3-16,20,25,28H,17-19H2,1-2H3,(H,29,32)(H2,30,31,33)/t25-/m0/s1. The number of benzene rings is 3. The van der Waals surface area contributed by atoms with Crippen LogP contribution < -0.4 is 21.3 Å². The summed E-state index contributed by atoms with van der Waals surface area (Å²) in [6, 6.07) is 26.6. The number of anilines is 1. The van der Waals surface area contributed by atoms with E-state index in [-0.39, 0.29) is 5.91 Å². The lowest BCUT2D eigenvalue weighted by Gasteiger charge is -2.19. The van der Waals surface area contributed by atoms with Gasteiger partial charge in [-0.05, 0) is 28.8 Å². The van der Waals surface area contributed by atoms with Crippen molar-refractivity contribution in [3.63, 3.8) is 0 Å². The third-order valence-corrected chi connectivity index (χ3v) is 5.13. The number of carbonyl (C=O) groups is 2. The normalized spacial score (nSPS) is 11.6. The summed E-state index contributed by atoms with van der Waals surface area (Å²) in [5, 5.41) is 11.8. The van der Waals surface area contributed by atoms with Crippen LogP contribution in [0.25, 0.3) is 11.1 Å². The zero-order valence-electron chi connectivity index (χ0n) is 19.2. The summed E-state index contributed by atoms with van der Waals surface area (Å²) in [5.41, 5.74) is 3.82. The van der Waals surface area contributed by atoms with Crippen molar-refractivity contribution in [3.05, 3.63) is 90.5 Å². The Balaban J connectivity index is 1.60. The Morgan fingerprint density at radius 3 is 2.00 bits per heavy atom. The van der Waals surface area contributed by atoms with Gasteiger partial charge in [0.1, 0.15) is 6.04 Å². The van der Waals surface area contributed by atoms with Gasteiger partial charge in [0.2, 0.25) is 5.91 Å². The Morgan fingerprint density at radius 1 is 0.758 bits per heavy atom. The van der Waals surface area contributed by atoms with Crippen LogP contribution in [0.1, 0.15) is 19.4 Å². The molecule has 0 heterocycles. The molecule has 0 aromatic heterocycles. The summed E-state index contributed by atoms with van der Waals surface area (Å²) in [6.45, 7) is 5.27. The number of rotatable bonds is 10. The van der Waals surface area contributed by atoms with Gasteiger partial charge in [-0.1, -0.05) is 86.6 Å². The fourth-order valence-corrected chi connectivity index (χ4v) is 3.43. The molecule has 4 N–H and O–H groups in total. The van der Waals surface area contributed by atoms with E-state index in [0.29, 0.717) is 31.2 Å². The Bertz CT molecular complexity index is 1010. The molecule has 1 atom stereocenters. The summed E-state index contributed by atoms with van der Waals surface area (Å²) in [5.74, 6) is -0.209. The first-order chi connectivity index (χ1) is 16.0.